The fourth-order valence-corrected chi connectivity index (χ4v) is 9.27. The van der Waals surface area contributed by atoms with Gasteiger partial charge in [-0.25, -0.2) is 0 Å². The Morgan fingerprint density at radius 2 is 0.500 bits per heavy atom. The first-order valence-corrected chi connectivity index (χ1v) is 31.6. The fourth-order valence-electron chi connectivity index (χ4n) is 9.27. The van der Waals surface area contributed by atoms with E-state index >= 15 is 0 Å². The van der Waals surface area contributed by atoms with E-state index < -0.39 is 6.10 Å². The van der Waals surface area contributed by atoms with Crippen molar-refractivity contribution in [2.45, 2.75) is 341 Å². The van der Waals surface area contributed by atoms with Crippen LogP contribution in [0.2, 0.25) is 0 Å². The van der Waals surface area contributed by atoms with Crippen LogP contribution in [-0.2, 0) is 28.6 Å². The summed E-state index contributed by atoms with van der Waals surface area (Å²) in [6, 6.07) is 0. The highest BCUT2D eigenvalue weighted by molar-refractivity contribution is 5.71. The van der Waals surface area contributed by atoms with Gasteiger partial charge in [0.25, 0.3) is 0 Å². The molecule has 72 heavy (non-hydrogen) atoms. The van der Waals surface area contributed by atoms with E-state index in [1.54, 1.807) is 0 Å². The lowest BCUT2D eigenvalue weighted by atomic mass is 10.0. The number of esters is 3. The second-order valence-electron chi connectivity index (χ2n) is 21.3. The third-order valence-corrected chi connectivity index (χ3v) is 14.1. The van der Waals surface area contributed by atoms with Crippen molar-refractivity contribution in [2.75, 3.05) is 13.2 Å². The number of carbonyl (C=O) groups excluding carboxylic acids is 3. The second kappa shape index (κ2) is 60.9. The van der Waals surface area contributed by atoms with E-state index in [2.05, 4.69) is 69.4 Å². The molecule has 6 nitrogen and oxygen atoms in total. The Balaban J connectivity index is 4.28. The maximum absolute atomic E-state index is 12.9. The summed E-state index contributed by atoms with van der Waals surface area (Å²) in [7, 11) is 0. The van der Waals surface area contributed by atoms with Gasteiger partial charge in [0.05, 0.1) is 0 Å². The molecule has 0 aromatic rings. The largest absolute Gasteiger partial charge is 0.462 e. The quantitative estimate of drug-likeness (QED) is 0.0261. The van der Waals surface area contributed by atoms with E-state index in [9.17, 15) is 14.4 Å². The molecule has 0 saturated heterocycles. The first kappa shape index (κ1) is 69.4. The van der Waals surface area contributed by atoms with E-state index in [1.165, 1.54) is 218 Å². The van der Waals surface area contributed by atoms with Crippen LogP contribution in [0.15, 0.2) is 48.6 Å². The molecular weight excluding hydrogens is 889 g/mol. The zero-order chi connectivity index (χ0) is 52.2. The van der Waals surface area contributed by atoms with Crippen molar-refractivity contribution >= 4 is 17.9 Å². The zero-order valence-corrected chi connectivity index (χ0v) is 48.2. The summed E-state index contributed by atoms with van der Waals surface area (Å²) in [5, 5.41) is 0. The zero-order valence-electron chi connectivity index (χ0n) is 48.2. The summed E-state index contributed by atoms with van der Waals surface area (Å²) in [6.07, 6.45) is 75.4. The van der Waals surface area contributed by atoms with Crippen LogP contribution in [0.25, 0.3) is 0 Å². The molecule has 6 heteroatoms. The maximum atomic E-state index is 12.9. The van der Waals surface area contributed by atoms with Crippen molar-refractivity contribution in [3.05, 3.63) is 48.6 Å². The Morgan fingerprint density at radius 3 is 0.792 bits per heavy atom. The number of rotatable bonds is 58. The molecule has 0 aliphatic rings. The molecule has 0 aliphatic heterocycles. The average Bonchev–Trinajstić information content (AvgIpc) is 3.38. The number of hydrogen-bond donors (Lipinski definition) is 0. The van der Waals surface area contributed by atoms with E-state index in [-0.39, 0.29) is 31.1 Å². The molecule has 0 radical (unpaired) electrons. The molecule has 0 N–H and O–H groups in total. The number of allylic oxidation sites excluding steroid dienone is 8. The number of carbonyl (C=O) groups is 3. The van der Waals surface area contributed by atoms with Crippen molar-refractivity contribution in [1.82, 2.24) is 0 Å². The van der Waals surface area contributed by atoms with E-state index in [4.69, 9.17) is 14.2 Å². The lowest BCUT2D eigenvalue weighted by Crippen LogP contribution is -2.30. The molecule has 0 rings (SSSR count). The first-order valence-electron chi connectivity index (χ1n) is 31.6. The van der Waals surface area contributed by atoms with Gasteiger partial charge >= 0.3 is 17.9 Å². The molecule has 0 aliphatic carbocycles. The Bertz CT molecular complexity index is 1250. The van der Waals surface area contributed by atoms with Crippen LogP contribution in [0.1, 0.15) is 335 Å². The van der Waals surface area contributed by atoms with Crippen molar-refractivity contribution < 1.29 is 28.6 Å². The van der Waals surface area contributed by atoms with E-state index in [1.807, 2.05) is 0 Å². The minimum absolute atomic E-state index is 0.0739. The van der Waals surface area contributed by atoms with Crippen LogP contribution in [0.3, 0.4) is 0 Å². The lowest BCUT2D eigenvalue weighted by Gasteiger charge is -2.18. The highest BCUT2D eigenvalue weighted by Crippen LogP contribution is 2.17. The van der Waals surface area contributed by atoms with Crippen molar-refractivity contribution in [3.63, 3.8) is 0 Å². The van der Waals surface area contributed by atoms with E-state index in [0.29, 0.717) is 19.3 Å². The van der Waals surface area contributed by atoms with Crippen LogP contribution in [0, 0.1) is 0 Å². The molecule has 0 heterocycles. The maximum Gasteiger partial charge on any atom is 0.306 e. The minimum Gasteiger partial charge on any atom is -0.462 e. The standard InChI is InChI=1S/C66H120O6/c1-4-7-10-13-16-19-22-25-27-29-30-31-32-33-34-35-36-37-39-41-44-47-50-53-56-59-65(68)71-62-63(61-70-64(67)58-55-52-49-46-43-40-24-21-18-15-12-9-6-3)72-66(69)60-57-54-51-48-45-42-38-28-26-23-20-17-14-11-8-5-2/h22,25,28-30,32-33,38,63H,4-21,23-24,26-27,31,34-37,39-62H2,1-3H3/b25-22-,30-29-,33-32-,38-28-. The normalized spacial score (nSPS) is 12.3. The average molecular weight is 1010 g/mol. The number of hydrogen-bond acceptors (Lipinski definition) is 6. The van der Waals surface area contributed by atoms with Gasteiger partial charge < -0.3 is 14.2 Å². The van der Waals surface area contributed by atoms with Crippen LogP contribution in [0.4, 0.5) is 0 Å². The molecule has 0 bridgehead atoms. The lowest BCUT2D eigenvalue weighted by molar-refractivity contribution is -0.167. The van der Waals surface area contributed by atoms with Gasteiger partial charge in [0.1, 0.15) is 13.2 Å². The predicted octanol–water partition coefficient (Wildman–Crippen LogP) is 21.4. The van der Waals surface area contributed by atoms with E-state index in [0.717, 1.165) is 77.0 Å². The Morgan fingerprint density at radius 1 is 0.278 bits per heavy atom. The molecule has 0 aromatic heterocycles. The number of ether oxygens (including phenoxy) is 3. The van der Waals surface area contributed by atoms with Crippen molar-refractivity contribution in [2.24, 2.45) is 0 Å². The molecule has 1 atom stereocenters. The third-order valence-electron chi connectivity index (χ3n) is 14.1. The summed E-state index contributed by atoms with van der Waals surface area (Å²) >= 11 is 0. The first-order chi connectivity index (χ1) is 35.5. The monoisotopic (exact) mass is 1010 g/mol. The van der Waals surface area contributed by atoms with Gasteiger partial charge in [0.15, 0.2) is 6.10 Å². The van der Waals surface area contributed by atoms with Gasteiger partial charge in [0.2, 0.25) is 0 Å². The summed E-state index contributed by atoms with van der Waals surface area (Å²) in [5.74, 6) is -0.868. The molecule has 0 fully saturated rings. The Labute approximate surface area is 448 Å². The van der Waals surface area contributed by atoms with Crippen molar-refractivity contribution in [1.29, 1.82) is 0 Å². The molecule has 420 valence electrons. The smallest absolute Gasteiger partial charge is 0.306 e. The van der Waals surface area contributed by atoms with Gasteiger partial charge in [-0.15, -0.1) is 0 Å². The van der Waals surface area contributed by atoms with Crippen LogP contribution in [0.5, 0.6) is 0 Å². The summed E-state index contributed by atoms with van der Waals surface area (Å²) in [5.41, 5.74) is 0. The SMILES string of the molecule is CCCCCCC/C=C\C/C=C\C/C=C\CCCCCCCCCCCCC(=O)OCC(COC(=O)CCCCCCCCCCCCCCC)OC(=O)CCCCCCC/C=C\CCCCCCCCC. The molecule has 0 saturated carbocycles. The second-order valence-corrected chi connectivity index (χ2v) is 21.3. The third kappa shape index (κ3) is 58.3. The predicted molar refractivity (Wildman–Crippen MR) is 312 cm³/mol. The summed E-state index contributed by atoms with van der Waals surface area (Å²) in [4.78, 5) is 38.2. The molecule has 0 amide bonds. The fraction of sp³-hybridized carbons (Fsp3) is 0.833. The van der Waals surface area contributed by atoms with Gasteiger partial charge in [0, 0.05) is 19.3 Å². The van der Waals surface area contributed by atoms with Crippen LogP contribution < -0.4 is 0 Å². The Hall–Kier alpha value is -2.63. The summed E-state index contributed by atoms with van der Waals surface area (Å²) in [6.45, 7) is 6.66. The van der Waals surface area contributed by atoms with Crippen LogP contribution in [-0.4, -0.2) is 37.2 Å². The topological polar surface area (TPSA) is 78.9 Å². The molecule has 0 aromatic carbocycles. The van der Waals surface area contributed by atoms with Crippen LogP contribution >= 0.6 is 0 Å². The molecule has 0 spiro atoms. The Kier molecular flexibility index (Phi) is 58.7. The minimum atomic E-state index is -0.777. The number of unbranched alkanes of at least 4 members (excludes halogenated alkanes) is 39. The highest BCUT2D eigenvalue weighted by atomic mass is 16.6. The molecule has 1 unspecified atom stereocenters. The molecular formula is C66H120O6. The van der Waals surface area contributed by atoms with Gasteiger partial charge in [-0.1, -0.05) is 281 Å². The highest BCUT2D eigenvalue weighted by Gasteiger charge is 2.19. The van der Waals surface area contributed by atoms with Gasteiger partial charge in [-0.05, 0) is 83.5 Å². The van der Waals surface area contributed by atoms with Gasteiger partial charge in [-0.2, -0.15) is 0 Å². The van der Waals surface area contributed by atoms with Crippen molar-refractivity contribution in [3.8, 4) is 0 Å². The van der Waals surface area contributed by atoms with Gasteiger partial charge in [-0.3, -0.25) is 14.4 Å². The summed E-state index contributed by atoms with van der Waals surface area (Å²) < 4.78 is 16.9.